The number of ether oxygens (including phenoxy) is 1. The predicted octanol–water partition coefficient (Wildman–Crippen LogP) is 2.90. The number of hydrogen-bond acceptors (Lipinski definition) is 4. The van der Waals surface area contributed by atoms with Gasteiger partial charge in [0.1, 0.15) is 18.2 Å². The first-order chi connectivity index (χ1) is 10.1. The SMILES string of the molecule is CC(=O)c1ccc(C(=O)NCCOc2ccc(F)cc2)s1. The van der Waals surface area contributed by atoms with Crippen LogP contribution in [0.3, 0.4) is 0 Å². The molecule has 2 rings (SSSR count). The number of benzene rings is 1. The van der Waals surface area contributed by atoms with Gasteiger partial charge in [0.15, 0.2) is 5.78 Å². The van der Waals surface area contributed by atoms with Crippen LogP contribution in [0.25, 0.3) is 0 Å². The molecule has 0 unspecified atom stereocenters. The van der Waals surface area contributed by atoms with Crippen LogP contribution in [0.1, 0.15) is 26.3 Å². The van der Waals surface area contributed by atoms with Gasteiger partial charge in [-0.2, -0.15) is 0 Å². The van der Waals surface area contributed by atoms with Crippen molar-refractivity contribution >= 4 is 23.0 Å². The Hall–Kier alpha value is -2.21. The molecule has 0 aliphatic carbocycles. The van der Waals surface area contributed by atoms with Crippen LogP contribution < -0.4 is 10.1 Å². The number of amides is 1. The molecule has 0 aliphatic heterocycles. The molecule has 2 aromatic rings. The van der Waals surface area contributed by atoms with E-state index in [0.717, 1.165) is 11.3 Å². The lowest BCUT2D eigenvalue weighted by Crippen LogP contribution is -2.27. The molecule has 1 aromatic carbocycles. The Morgan fingerprint density at radius 3 is 2.43 bits per heavy atom. The zero-order valence-electron chi connectivity index (χ0n) is 11.4. The van der Waals surface area contributed by atoms with Gasteiger partial charge in [-0.1, -0.05) is 0 Å². The first-order valence-corrected chi connectivity index (χ1v) is 7.15. The molecule has 0 atom stereocenters. The Labute approximate surface area is 125 Å². The van der Waals surface area contributed by atoms with Crippen LogP contribution in [0.4, 0.5) is 4.39 Å². The number of halogens is 1. The molecule has 6 heteroatoms. The first-order valence-electron chi connectivity index (χ1n) is 6.33. The molecular formula is C15H14FNO3S. The quantitative estimate of drug-likeness (QED) is 0.659. The van der Waals surface area contributed by atoms with Crippen molar-refractivity contribution in [3.63, 3.8) is 0 Å². The van der Waals surface area contributed by atoms with Gasteiger partial charge < -0.3 is 10.1 Å². The number of hydrogen-bond donors (Lipinski definition) is 1. The van der Waals surface area contributed by atoms with Gasteiger partial charge in [-0.15, -0.1) is 11.3 Å². The van der Waals surface area contributed by atoms with Crippen LogP contribution in [0.2, 0.25) is 0 Å². The lowest BCUT2D eigenvalue weighted by molar-refractivity contribution is 0.0950. The molecule has 1 amide bonds. The van der Waals surface area contributed by atoms with Crippen molar-refractivity contribution < 1.29 is 18.7 Å². The molecule has 1 heterocycles. The van der Waals surface area contributed by atoms with Crippen molar-refractivity contribution in [3.05, 3.63) is 52.0 Å². The van der Waals surface area contributed by atoms with Crippen LogP contribution >= 0.6 is 11.3 Å². The molecule has 0 fully saturated rings. The highest BCUT2D eigenvalue weighted by molar-refractivity contribution is 7.15. The van der Waals surface area contributed by atoms with E-state index in [4.69, 9.17) is 4.74 Å². The van der Waals surface area contributed by atoms with Crippen LogP contribution in [-0.4, -0.2) is 24.8 Å². The maximum Gasteiger partial charge on any atom is 0.261 e. The lowest BCUT2D eigenvalue weighted by Gasteiger charge is -2.06. The van der Waals surface area contributed by atoms with Crippen LogP contribution in [0.5, 0.6) is 5.75 Å². The second-order valence-electron chi connectivity index (χ2n) is 4.28. The largest absolute Gasteiger partial charge is 0.492 e. The summed E-state index contributed by atoms with van der Waals surface area (Å²) in [5.74, 6) is -0.0795. The summed E-state index contributed by atoms with van der Waals surface area (Å²) in [6.07, 6.45) is 0. The number of Topliss-reactive ketones (excluding diaryl/α,β-unsaturated/α-hetero) is 1. The van der Waals surface area contributed by atoms with E-state index in [0.29, 0.717) is 22.0 Å². The van der Waals surface area contributed by atoms with Gasteiger partial charge in [0.2, 0.25) is 0 Å². The summed E-state index contributed by atoms with van der Waals surface area (Å²) in [5, 5.41) is 2.69. The Kier molecular flexibility index (Phi) is 5.05. The number of ketones is 1. The highest BCUT2D eigenvalue weighted by atomic mass is 32.1. The third-order valence-electron chi connectivity index (χ3n) is 2.65. The van der Waals surface area contributed by atoms with Gasteiger partial charge in [0.25, 0.3) is 5.91 Å². The predicted molar refractivity (Wildman–Crippen MR) is 78.6 cm³/mol. The van der Waals surface area contributed by atoms with Gasteiger partial charge in [0, 0.05) is 0 Å². The molecule has 1 N–H and O–H groups in total. The number of nitrogens with one attached hydrogen (secondary N) is 1. The van der Waals surface area contributed by atoms with E-state index in [2.05, 4.69) is 5.32 Å². The number of thiophene rings is 1. The van der Waals surface area contributed by atoms with Crippen molar-refractivity contribution in [2.24, 2.45) is 0 Å². The number of carbonyl (C=O) groups is 2. The van der Waals surface area contributed by atoms with Gasteiger partial charge >= 0.3 is 0 Å². The Morgan fingerprint density at radius 1 is 1.14 bits per heavy atom. The third-order valence-corrected chi connectivity index (χ3v) is 3.83. The van der Waals surface area contributed by atoms with E-state index in [1.165, 1.54) is 31.2 Å². The van der Waals surface area contributed by atoms with Crippen molar-refractivity contribution in [1.29, 1.82) is 0 Å². The molecule has 21 heavy (non-hydrogen) atoms. The smallest absolute Gasteiger partial charge is 0.261 e. The summed E-state index contributed by atoms with van der Waals surface area (Å²) >= 11 is 1.16. The zero-order valence-corrected chi connectivity index (χ0v) is 12.2. The van der Waals surface area contributed by atoms with Gasteiger partial charge in [-0.05, 0) is 43.3 Å². The summed E-state index contributed by atoms with van der Waals surface area (Å²) in [6, 6.07) is 8.92. The fourth-order valence-corrected chi connectivity index (χ4v) is 2.42. The second kappa shape index (κ2) is 6.99. The molecular weight excluding hydrogens is 293 g/mol. The van der Waals surface area contributed by atoms with Gasteiger partial charge in [-0.25, -0.2) is 4.39 Å². The molecule has 0 saturated heterocycles. The summed E-state index contributed by atoms with van der Waals surface area (Å²) in [7, 11) is 0. The normalized spacial score (nSPS) is 10.2. The standard InChI is InChI=1S/C15H14FNO3S/c1-10(18)13-6-7-14(21-13)15(19)17-8-9-20-12-4-2-11(16)3-5-12/h2-7H,8-9H2,1H3,(H,17,19). The monoisotopic (exact) mass is 307 g/mol. The number of carbonyl (C=O) groups excluding carboxylic acids is 2. The van der Waals surface area contributed by atoms with Crippen LogP contribution in [0, 0.1) is 5.82 Å². The van der Waals surface area contributed by atoms with E-state index in [1.807, 2.05) is 0 Å². The summed E-state index contributed by atoms with van der Waals surface area (Å²) in [6.45, 7) is 2.07. The van der Waals surface area contributed by atoms with Crippen molar-refractivity contribution in [2.75, 3.05) is 13.2 Å². The van der Waals surface area contributed by atoms with Crippen molar-refractivity contribution in [1.82, 2.24) is 5.32 Å². The zero-order chi connectivity index (χ0) is 15.2. The van der Waals surface area contributed by atoms with E-state index in [-0.39, 0.29) is 24.1 Å². The van der Waals surface area contributed by atoms with Crippen LogP contribution in [0.15, 0.2) is 36.4 Å². The average Bonchev–Trinajstić information content (AvgIpc) is 2.95. The maximum absolute atomic E-state index is 12.7. The van der Waals surface area contributed by atoms with E-state index in [1.54, 1.807) is 12.1 Å². The maximum atomic E-state index is 12.7. The molecule has 110 valence electrons. The molecule has 0 saturated carbocycles. The molecule has 0 spiro atoms. The van der Waals surface area contributed by atoms with E-state index < -0.39 is 0 Å². The molecule has 4 nitrogen and oxygen atoms in total. The fourth-order valence-electron chi connectivity index (χ4n) is 1.60. The minimum Gasteiger partial charge on any atom is -0.492 e. The fraction of sp³-hybridized carbons (Fsp3) is 0.200. The first kappa shape index (κ1) is 15.2. The summed E-state index contributed by atoms with van der Waals surface area (Å²) in [4.78, 5) is 24.0. The minimum absolute atomic E-state index is 0.0568. The second-order valence-corrected chi connectivity index (χ2v) is 5.36. The van der Waals surface area contributed by atoms with Gasteiger partial charge in [0.05, 0.1) is 16.3 Å². The highest BCUT2D eigenvalue weighted by Crippen LogP contribution is 2.16. The average molecular weight is 307 g/mol. The Balaban J connectivity index is 1.76. The molecule has 0 radical (unpaired) electrons. The van der Waals surface area contributed by atoms with E-state index in [9.17, 15) is 14.0 Å². The lowest BCUT2D eigenvalue weighted by atomic mass is 10.3. The minimum atomic E-state index is -0.324. The Morgan fingerprint density at radius 2 is 1.81 bits per heavy atom. The topological polar surface area (TPSA) is 55.4 Å². The van der Waals surface area contributed by atoms with Crippen molar-refractivity contribution in [2.45, 2.75) is 6.92 Å². The van der Waals surface area contributed by atoms with Crippen LogP contribution in [-0.2, 0) is 0 Å². The molecule has 0 bridgehead atoms. The summed E-state index contributed by atoms with van der Waals surface area (Å²) in [5.41, 5.74) is 0. The van der Waals surface area contributed by atoms with Crippen molar-refractivity contribution in [3.8, 4) is 5.75 Å². The number of rotatable bonds is 6. The third kappa shape index (κ3) is 4.39. The van der Waals surface area contributed by atoms with E-state index >= 15 is 0 Å². The highest BCUT2D eigenvalue weighted by Gasteiger charge is 2.10. The molecule has 1 aromatic heterocycles. The van der Waals surface area contributed by atoms with Gasteiger partial charge in [-0.3, -0.25) is 9.59 Å². The Bertz CT molecular complexity index is 637. The summed E-state index contributed by atoms with van der Waals surface area (Å²) < 4.78 is 18.1. The molecule has 0 aliphatic rings.